The van der Waals surface area contributed by atoms with Crippen molar-refractivity contribution in [2.45, 2.75) is 13.1 Å². The minimum Gasteiger partial charge on any atom is -0.497 e. The lowest BCUT2D eigenvalue weighted by molar-refractivity contribution is 0.414. The molecule has 6 heteroatoms. The molecule has 0 aliphatic heterocycles. The Morgan fingerprint density at radius 3 is 1.90 bits per heavy atom. The van der Waals surface area contributed by atoms with Gasteiger partial charge in [0.2, 0.25) is 0 Å². The first-order chi connectivity index (χ1) is 15.1. The molecule has 4 rings (SSSR count). The van der Waals surface area contributed by atoms with Crippen LogP contribution in [0.1, 0.15) is 11.1 Å². The van der Waals surface area contributed by atoms with Gasteiger partial charge < -0.3 is 14.4 Å². The molecule has 0 spiro atoms. The summed E-state index contributed by atoms with van der Waals surface area (Å²) in [6, 6.07) is 22.3. The highest BCUT2D eigenvalue weighted by atomic mass is 79.9. The van der Waals surface area contributed by atoms with Crippen molar-refractivity contribution < 1.29 is 9.47 Å². The predicted molar refractivity (Wildman–Crippen MR) is 130 cm³/mol. The van der Waals surface area contributed by atoms with Crippen LogP contribution in [0.3, 0.4) is 0 Å². The van der Waals surface area contributed by atoms with E-state index in [0.717, 1.165) is 32.6 Å². The molecule has 1 heterocycles. The molecule has 4 nitrogen and oxygen atoms in total. The number of ether oxygens (including phenoxy) is 2. The molecular formula is C25H22BrClN2O2. The van der Waals surface area contributed by atoms with Crippen molar-refractivity contribution in [1.82, 2.24) is 4.98 Å². The smallest absolute Gasteiger partial charge is 0.129 e. The summed E-state index contributed by atoms with van der Waals surface area (Å²) in [5.41, 5.74) is 2.34. The fourth-order valence-electron chi connectivity index (χ4n) is 3.46. The quantitative estimate of drug-likeness (QED) is 0.279. The van der Waals surface area contributed by atoms with Gasteiger partial charge in [-0.25, -0.2) is 4.98 Å². The molecule has 0 fully saturated rings. The van der Waals surface area contributed by atoms with Gasteiger partial charge in [0.1, 0.15) is 17.3 Å². The normalized spacial score (nSPS) is 10.8. The molecule has 0 atom stereocenters. The van der Waals surface area contributed by atoms with Crippen LogP contribution in [0, 0.1) is 0 Å². The summed E-state index contributed by atoms with van der Waals surface area (Å²) in [6.45, 7) is 1.41. The first-order valence-electron chi connectivity index (χ1n) is 9.81. The van der Waals surface area contributed by atoms with E-state index < -0.39 is 0 Å². The lowest BCUT2D eigenvalue weighted by atomic mass is 10.1. The molecule has 0 saturated carbocycles. The number of methoxy groups -OCH3 is 2. The molecule has 0 aliphatic rings. The number of hydrogen-bond acceptors (Lipinski definition) is 4. The number of benzene rings is 3. The minimum atomic E-state index is 0.681. The molecule has 31 heavy (non-hydrogen) atoms. The summed E-state index contributed by atoms with van der Waals surface area (Å²) in [4.78, 5) is 6.98. The van der Waals surface area contributed by atoms with E-state index in [4.69, 9.17) is 26.1 Å². The van der Waals surface area contributed by atoms with Gasteiger partial charge in [-0.05, 0) is 59.0 Å². The average molecular weight is 498 g/mol. The Hall–Kier alpha value is -2.76. The van der Waals surface area contributed by atoms with Crippen LogP contribution in [-0.2, 0) is 13.1 Å². The third kappa shape index (κ3) is 5.12. The molecule has 4 aromatic rings. The fourth-order valence-corrected chi connectivity index (χ4v) is 4.34. The van der Waals surface area contributed by atoms with Crippen LogP contribution in [0.4, 0.5) is 5.82 Å². The first kappa shape index (κ1) is 21.5. The zero-order valence-corrected chi connectivity index (χ0v) is 19.7. The Kier molecular flexibility index (Phi) is 6.64. The third-order valence-electron chi connectivity index (χ3n) is 5.13. The summed E-state index contributed by atoms with van der Waals surface area (Å²) in [5.74, 6) is 2.57. The third-order valence-corrected chi connectivity index (χ3v) is 5.90. The fraction of sp³-hybridized carbons (Fsp3) is 0.160. The van der Waals surface area contributed by atoms with E-state index >= 15 is 0 Å². The lowest BCUT2D eigenvalue weighted by Gasteiger charge is -2.25. The second kappa shape index (κ2) is 9.58. The molecular weight excluding hydrogens is 476 g/mol. The van der Waals surface area contributed by atoms with E-state index in [1.807, 2.05) is 36.5 Å². The van der Waals surface area contributed by atoms with E-state index in [-0.39, 0.29) is 0 Å². The summed E-state index contributed by atoms with van der Waals surface area (Å²) in [6.07, 6.45) is 1.84. The van der Waals surface area contributed by atoms with E-state index in [2.05, 4.69) is 57.2 Å². The number of hydrogen-bond donors (Lipinski definition) is 0. The van der Waals surface area contributed by atoms with Crippen LogP contribution in [-0.4, -0.2) is 19.2 Å². The van der Waals surface area contributed by atoms with Crippen LogP contribution in [0.25, 0.3) is 10.8 Å². The predicted octanol–water partition coefficient (Wildman–Crippen LogP) is 6.87. The van der Waals surface area contributed by atoms with Gasteiger partial charge in [-0.3, -0.25) is 0 Å². The van der Waals surface area contributed by atoms with Gasteiger partial charge >= 0.3 is 0 Å². The Balaban J connectivity index is 1.70. The topological polar surface area (TPSA) is 34.6 Å². The molecule has 0 amide bonds. The lowest BCUT2D eigenvalue weighted by Crippen LogP contribution is -2.23. The van der Waals surface area contributed by atoms with E-state index in [1.54, 1.807) is 14.2 Å². The SMILES string of the molecule is COc1ccc(CN(Cc2ccc(OC)cc2)c2cc3cc(Br)cc(Cl)c3cn2)cc1. The van der Waals surface area contributed by atoms with Crippen LogP contribution in [0.2, 0.25) is 5.02 Å². The highest BCUT2D eigenvalue weighted by Gasteiger charge is 2.13. The maximum atomic E-state index is 6.40. The van der Waals surface area contributed by atoms with Crippen molar-refractivity contribution in [1.29, 1.82) is 0 Å². The molecule has 158 valence electrons. The number of pyridine rings is 1. The zero-order valence-electron chi connectivity index (χ0n) is 17.3. The van der Waals surface area contributed by atoms with Gasteiger partial charge in [0.15, 0.2) is 0 Å². The van der Waals surface area contributed by atoms with Crippen molar-refractivity contribution in [2.24, 2.45) is 0 Å². The number of fused-ring (bicyclic) bond motifs is 1. The maximum Gasteiger partial charge on any atom is 0.129 e. The van der Waals surface area contributed by atoms with Gasteiger partial charge in [0, 0.05) is 29.1 Å². The summed E-state index contributed by atoms with van der Waals surface area (Å²) in [7, 11) is 3.35. The van der Waals surface area contributed by atoms with Gasteiger partial charge in [0.25, 0.3) is 0 Å². The summed E-state index contributed by atoms with van der Waals surface area (Å²) < 4.78 is 11.5. The number of rotatable bonds is 7. The van der Waals surface area contributed by atoms with E-state index in [9.17, 15) is 0 Å². The van der Waals surface area contributed by atoms with Crippen LogP contribution >= 0.6 is 27.5 Å². The van der Waals surface area contributed by atoms with Crippen LogP contribution in [0.15, 0.2) is 77.4 Å². The van der Waals surface area contributed by atoms with Gasteiger partial charge in [0.05, 0.1) is 19.2 Å². The Bertz CT molecular complexity index is 1130. The number of anilines is 1. The molecule has 0 unspecified atom stereocenters. The van der Waals surface area contributed by atoms with Crippen molar-refractivity contribution in [3.05, 3.63) is 93.5 Å². The summed E-state index contributed by atoms with van der Waals surface area (Å²) >= 11 is 9.94. The van der Waals surface area contributed by atoms with Crippen molar-refractivity contribution in [3.63, 3.8) is 0 Å². The standard InChI is InChI=1S/C25H22BrClN2O2/c1-30-21-7-3-17(4-8-21)15-29(16-18-5-9-22(31-2)10-6-18)25-12-19-11-20(26)13-24(27)23(19)14-28-25/h3-14H,15-16H2,1-2H3. The molecule has 0 radical (unpaired) electrons. The number of halogens is 2. The molecule has 0 bridgehead atoms. The van der Waals surface area contributed by atoms with Gasteiger partial charge in [-0.2, -0.15) is 0 Å². The van der Waals surface area contributed by atoms with Crippen LogP contribution in [0.5, 0.6) is 11.5 Å². The maximum absolute atomic E-state index is 6.40. The second-order valence-electron chi connectivity index (χ2n) is 7.20. The highest BCUT2D eigenvalue weighted by Crippen LogP contribution is 2.31. The van der Waals surface area contributed by atoms with Crippen molar-refractivity contribution in [3.8, 4) is 11.5 Å². The van der Waals surface area contributed by atoms with Crippen molar-refractivity contribution in [2.75, 3.05) is 19.1 Å². The largest absolute Gasteiger partial charge is 0.497 e. The van der Waals surface area contributed by atoms with Gasteiger partial charge in [-0.15, -0.1) is 0 Å². The average Bonchev–Trinajstić information content (AvgIpc) is 2.79. The Labute approximate surface area is 195 Å². The molecule has 0 N–H and O–H groups in total. The molecule has 0 saturated heterocycles. The van der Waals surface area contributed by atoms with Crippen molar-refractivity contribution >= 4 is 44.1 Å². The van der Waals surface area contributed by atoms with E-state index in [0.29, 0.717) is 18.1 Å². The second-order valence-corrected chi connectivity index (χ2v) is 8.53. The Morgan fingerprint density at radius 2 is 1.39 bits per heavy atom. The zero-order chi connectivity index (χ0) is 21.8. The Morgan fingerprint density at radius 1 is 0.839 bits per heavy atom. The van der Waals surface area contributed by atoms with Gasteiger partial charge in [-0.1, -0.05) is 51.8 Å². The number of nitrogens with zero attached hydrogens (tertiary/aromatic N) is 2. The summed E-state index contributed by atoms with van der Waals surface area (Å²) in [5, 5.41) is 2.65. The molecule has 3 aromatic carbocycles. The highest BCUT2D eigenvalue weighted by molar-refractivity contribution is 9.10. The molecule has 0 aliphatic carbocycles. The monoisotopic (exact) mass is 496 g/mol. The molecule has 1 aromatic heterocycles. The van der Waals surface area contributed by atoms with E-state index in [1.165, 1.54) is 11.1 Å². The minimum absolute atomic E-state index is 0.681. The first-order valence-corrected chi connectivity index (χ1v) is 11.0. The van der Waals surface area contributed by atoms with Crippen LogP contribution < -0.4 is 14.4 Å². The number of aromatic nitrogens is 1.